The quantitative estimate of drug-likeness (QED) is 0.701. The van der Waals surface area contributed by atoms with Crippen LogP contribution in [-0.4, -0.2) is 5.78 Å². The van der Waals surface area contributed by atoms with Crippen LogP contribution in [0.2, 0.25) is 0 Å². The van der Waals surface area contributed by atoms with Crippen LogP contribution in [0.3, 0.4) is 0 Å². The van der Waals surface area contributed by atoms with E-state index in [1.807, 2.05) is 0 Å². The second-order valence-corrected chi connectivity index (χ2v) is 5.77. The Bertz CT molecular complexity index is 368. The van der Waals surface area contributed by atoms with Gasteiger partial charge in [-0.25, -0.2) is 0 Å². The number of hydrogen-bond donors (Lipinski definition) is 0. The lowest BCUT2D eigenvalue weighted by atomic mass is 9.79. The minimum atomic E-state index is 0.365. The standard InChI is InChI=1S/C17H24O/c1-14-11-12-17(18)16(13-14)10-6-5-9-15-7-3-2-4-8-15/h2-4,7-8,14,16H,5-6,9-13H2,1H3. The van der Waals surface area contributed by atoms with Gasteiger partial charge in [0.25, 0.3) is 0 Å². The lowest BCUT2D eigenvalue weighted by molar-refractivity contribution is -0.125. The summed E-state index contributed by atoms with van der Waals surface area (Å²) in [6.45, 7) is 2.28. The highest BCUT2D eigenvalue weighted by Crippen LogP contribution is 2.29. The first-order chi connectivity index (χ1) is 8.75. The van der Waals surface area contributed by atoms with Crippen molar-refractivity contribution in [3.63, 3.8) is 0 Å². The summed E-state index contributed by atoms with van der Waals surface area (Å²) in [5.41, 5.74) is 1.42. The summed E-state index contributed by atoms with van der Waals surface area (Å²) >= 11 is 0. The summed E-state index contributed by atoms with van der Waals surface area (Å²) in [5, 5.41) is 0. The highest BCUT2D eigenvalue weighted by molar-refractivity contribution is 5.81. The van der Waals surface area contributed by atoms with Gasteiger partial charge in [-0.1, -0.05) is 43.7 Å². The monoisotopic (exact) mass is 244 g/mol. The molecule has 0 aliphatic heterocycles. The fourth-order valence-corrected chi connectivity index (χ4v) is 2.97. The second-order valence-electron chi connectivity index (χ2n) is 5.77. The summed E-state index contributed by atoms with van der Waals surface area (Å²) in [5.74, 6) is 1.64. The zero-order valence-electron chi connectivity index (χ0n) is 11.4. The fraction of sp³-hybridized carbons (Fsp3) is 0.588. The van der Waals surface area contributed by atoms with Gasteiger partial charge in [-0.3, -0.25) is 4.79 Å². The summed E-state index contributed by atoms with van der Waals surface area (Å²) < 4.78 is 0. The maximum absolute atomic E-state index is 11.8. The maximum Gasteiger partial charge on any atom is 0.135 e. The van der Waals surface area contributed by atoms with Crippen LogP contribution in [0.25, 0.3) is 0 Å². The molecule has 1 aromatic rings. The van der Waals surface area contributed by atoms with E-state index in [2.05, 4.69) is 37.3 Å². The van der Waals surface area contributed by atoms with E-state index in [0.717, 1.165) is 38.0 Å². The summed E-state index contributed by atoms with van der Waals surface area (Å²) in [4.78, 5) is 11.8. The molecule has 1 heteroatoms. The number of carbonyl (C=O) groups is 1. The topological polar surface area (TPSA) is 17.1 Å². The molecule has 98 valence electrons. The van der Waals surface area contributed by atoms with Crippen LogP contribution in [0.1, 0.15) is 51.0 Å². The third-order valence-corrected chi connectivity index (χ3v) is 4.14. The molecule has 0 spiro atoms. The van der Waals surface area contributed by atoms with E-state index in [9.17, 15) is 4.79 Å². The van der Waals surface area contributed by atoms with Crippen LogP contribution in [0.5, 0.6) is 0 Å². The average molecular weight is 244 g/mol. The molecule has 2 rings (SSSR count). The Morgan fingerprint density at radius 3 is 2.72 bits per heavy atom. The molecule has 2 atom stereocenters. The number of hydrogen-bond acceptors (Lipinski definition) is 1. The number of Topliss-reactive ketones (excluding diaryl/α,β-unsaturated/α-hetero) is 1. The zero-order valence-corrected chi connectivity index (χ0v) is 11.4. The molecule has 1 aliphatic rings. The molecule has 1 aromatic carbocycles. The fourth-order valence-electron chi connectivity index (χ4n) is 2.97. The Hall–Kier alpha value is -1.11. The predicted molar refractivity (Wildman–Crippen MR) is 75.5 cm³/mol. The molecular weight excluding hydrogens is 220 g/mol. The van der Waals surface area contributed by atoms with Crippen molar-refractivity contribution in [1.29, 1.82) is 0 Å². The lowest BCUT2D eigenvalue weighted by Crippen LogP contribution is -2.23. The van der Waals surface area contributed by atoms with E-state index >= 15 is 0 Å². The molecule has 1 saturated carbocycles. The molecule has 0 heterocycles. The Balaban J connectivity index is 1.67. The third kappa shape index (κ3) is 3.97. The molecule has 1 nitrogen and oxygen atoms in total. The van der Waals surface area contributed by atoms with Gasteiger partial charge in [0.1, 0.15) is 5.78 Å². The van der Waals surface area contributed by atoms with Gasteiger partial charge < -0.3 is 0 Å². The van der Waals surface area contributed by atoms with Crippen LogP contribution in [0.15, 0.2) is 30.3 Å². The van der Waals surface area contributed by atoms with Crippen LogP contribution in [0.4, 0.5) is 0 Å². The van der Waals surface area contributed by atoms with Gasteiger partial charge >= 0.3 is 0 Å². The Morgan fingerprint density at radius 2 is 1.94 bits per heavy atom. The molecular formula is C17H24O. The molecule has 1 fully saturated rings. The van der Waals surface area contributed by atoms with Crippen LogP contribution >= 0.6 is 0 Å². The molecule has 1 aliphatic carbocycles. The van der Waals surface area contributed by atoms with E-state index in [-0.39, 0.29) is 0 Å². The molecule has 0 amide bonds. The van der Waals surface area contributed by atoms with E-state index < -0.39 is 0 Å². The van der Waals surface area contributed by atoms with E-state index in [4.69, 9.17) is 0 Å². The number of unbranched alkanes of at least 4 members (excludes halogenated alkanes) is 1. The molecule has 0 radical (unpaired) electrons. The van der Waals surface area contributed by atoms with Gasteiger partial charge in [0.15, 0.2) is 0 Å². The number of carbonyl (C=O) groups excluding carboxylic acids is 1. The molecule has 18 heavy (non-hydrogen) atoms. The summed E-state index contributed by atoms with van der Waals surface area (Å²) in [6, 6.07) is 10.6. The van der Waals surface area contributed by atoms with Crippen LogP contribution in [-0.2, 0) is 11.2 Å². The van der Waals surface area contributed by atoms with E-state index in [1.165, 1.54) is 18.4 Å². The van der Waals surface area contributed by atoms with Crippen molar-refractivity contribution in [2.45, 2.75) is 51.9 Å². The Kier molecular flexibility index (Phi) is 4.98. The average Bonchev–Trinajstić information content (AvgIpc) is 2.40. The Morgan fingerprint density at radius 1 is 1.17 bits per heavy atom. The van der Waals surface area contributed by atoms with Crippen molar-refractivity contribution < 1.29 is 4.79 Å². The normalized spacial score (nSPS) is 24.2. The maximum atomic E-state index is 11.8. The first-order valence-electron chi connectivity index (χ1n) is 7.32. The van der Waals surface area contributed by atoms with Crippen molar-refractivity contribution in [3.8, 4) is 0 Å². The van der Waals surface area contributed by atoms with Crippen molar-refractivity contribution in [2.75, 3.05) is 0 Å². The molecule has 0 bridgehead atoms. The number of rotatable bonds is 5. The smallest absolute Gasteiger partial charge is 0.135 e. The molecule has 0 saturated heterocycles. The molecule has 2 unspecified atom stereocenters. The second kappa shape index (κ2) is 6.72. The zero-order chi connectivity index (χ0) is 12.8. The summed E-state index contributed by atoms with van der Waals surface area (Å²) in [7, 11) is 0. The minimum absolute atomic E-state index is 0.365. The van der Waals surface area contributed by atoms with Crippen molar-refractivity contribution in [1.82, 2.24) is 0 Å². The SMILES string of the molecule is CC1CCC(=O)C(CCCCc2ccccc2)C1. The highest BCUT2D eigenvalue weighted by atomic mass is 16.1. The largest absolute Gasteiger partial charge is 0.299 e. The Labute approximate surface area is 111 Å². The third-order valence-electron chi connectivity index (χ3n) is 4.14. The van der Waals surface area contributed by atoms with E-state index in [0.29, 0.717) is 11.7 Å². The van der Waals surface area contributed by atoms with Crippen molar-refractivity contribution in [3.05, 3.63) is 35.9 Å². The van der Waals surface area contributed by atoms with Crippen LogP contribution < -0.4 is 0 Å². The van der Waals surface area contributed by atoms with Gasteiger partial charge in [0.05, 0.1) is 0 Å². The highest BCUT2D eigenvalue weighted by Gasteiger charge is 2.25. The first kappa shape index (κ1) is 13.3. The minimum Gasteiger partial charge on any atom is -0.299 e. The van der Waals surface area contributed by atoms with Gasteiger partial charge in [0, 0.05) is 12.3 Å². The van der Waals surface area contributed by atoms with Gasteiger partial charge in [-0.2, -0.15) is 0 Å². The van der Waals surface area contributed by atoms with Gasteiger partial charge in [-0.15, -0.1) is 0 Å². The lowest BCUT2D eigenvalue weighted by Gasteiger charge is -2.25. The number of aryl methyl sites for hydroxylation is 1. The number of ketones is 1. The molecule has 0 aromatic heterocycles. The number of benzene rings is 1. The summed E-state index contributed by atoms with van der Waals surface area (Å²) in [6.07, 6.45) is 7.72. The predicted octanol–water partition coefficient (Wildman–Crippen LogP) is 4.40. The molecule has 0 N–H and O–H groups in total. The van der Waals surface area contributed by atoms with E-state index in [1.54, 1.807) is 0 Å². The van der Waals surface area contributed by atoms with Gasteiger partial charge in [0.2, 0.25) is 0 Å². The van der Waals surface area contributed by atoms with Crippen LogP contribution in [0, 0.1) is 11.8 Å². The van der Waals surface area contributed by atoms with Crippen molar-refractivity contribution in [2.24, 2.45) is 11.8 Å². The first-order valence-corrected chi connectivity index (χ1v) is 7.32. The van der Waals surface area contributed by atoms with Crippen molar-refractivity contribution >= 4 is 5.78 Å². The van der Waals surface area contributed by atoms with Gasteiger partial charge in [-0.05, 0) is 43.6 Å².